The van der Waals surface area contributed by atoms with Gasteiger partial charge in [-0.25, -0.2) is 0 Å². The summed E-state index contributed by atoms with van der Waals surface area (Å²) in [7, 11) is 1.57. The van der Waals surface area contributed by atoms with Gasteiger partial charge in [-0.2, -0.15) is 0 Å². The van der Waals surface area contributed by atoms with E-state index in [2.05, 4.69) is 41.5 Å². The summed E-state index contributed by atoms with van der Waals surface area (Å²) in [5.41, 5.74) is 4.01. The number of carbonyl (C=O) groups excluding carboxylic acids is 1. The maximum Gasteiger partial charge on any atom is 0.251 e. The molecule has 1 aliphatic heterocycles. The van der Waals surface area contributed by atoms with Crippen LogP contribution in [-0.4, -0.2) is 49.2 Å². The van der Waals surface area contributed by atoms with Gasteiger partial charge in [0.05, 0.1) is 13.2 Å². The van der Waals surface area contributed by atoms with E-state index in [0.717, 1.165) is 37.3 Å². The molecule has 0 saturated carbocycles. The van der Waals surface area contributed by atoms with Crippen LogP contribution in [0.2, 0.25) is 0 Å². The highest BCUT2D eigenvalue weighted by atomic mass is 16.5. The van der Waals surface area contributed by atoms with E-state index < -0.39 is 0 Å². The zero-order valence-electron chi connectivity index (χ0n) is 19.1. The van der Waals surface area contributed by atoms with E-state index in [1.165, 1.54) is 5.56 Å². The Balaban J connectivity index is 1.54. The number of phenols is 1. The van der Waals surface area contributed by atoms with Crippen LogP contribution in [0.1, 0.15) is 53.7 Å². The van der Waals surface area contributed by atoms with Gasteiger partial charge in [-0.3, -0.25) is 4.79 Å². The molecule has 0 bridgehead atoms. The Bertz CT molecular complexity index is 1000. The van der Waals surface area contributed by atoms with Crippen molar-refractivity contribution < 1.29 is 14.6 Å². The summed E-state index contributed by atoms with van der Waals surface area (Å²) in [4.78, 5) is 15.1. The van der Waals surface area contributed by atoms with Gasteiger partial charge in [0.25, 0.3) is 5.91 Å². The second-order valence-corrected chi connectivity index (χ2v) is 8.49. The fourth-order valence-electron chi connectivity index (χ4n) is 4.92. The fraction of sp³-hybridized carbons (Fsp3) is 0.423. The summed E-state index contributed by atoms with van der Waals surface area (Å²) < 4.78 is 5.32. The topological polar surface area (TPSA) is 73.8 Å². The third-order valence-corrected chi connectivity index (χ3v) is 6.80. The van der Waals surface area contributed by atoms with Crippen molar-refractivity contribution in [2.75, 3.05) is 38.6 Å². The number of nitrogens with one attached hydrogen (secondary N) is 2. The molecule has 2 aliphatic rings. The highest BCUT2D eigenvalue weighted by Gasteiger charge is 2.38. The van der Waals surface area contributed by atoms with Crippen LogP contribution in [-0.2, 0) is 0 Å². The van der Waals surface area contributed by atoms with Crippen LogP contribution >= 0.6 is 0 Å². The van der Waals surface area contributed by atoms with Crippen molar-refractivity contribution in [1.82, 2.24) is 10.2 Å². The van der Waals surface area contributed by atoms with E-state index in [0.29, 0.717) is 23.8 Å². The first-order chi connectivity index (χ1) is 15.5. The summed E-state index contributed by atoms with van der Waals surface area (Å²) in [5.74, 6) is 1.20. The Hall–Kier alpha value is -2.99. The molecule has 2 aromatic rings. The highest BCUT2D eigenvalue weighted by Crippen LogP contribution is 2.50. The first kappa shape index (κ1) is 22.2. The number of nitrogens with zero attached hydrogens (tertiary/aromatic N) is 1. The Morgan fingerprint density at radius 3 is 2.78 bits per heavy atom. The van der Waals surface area contributed by atoms with Crippen molar-refractivity contribution in [3.63, 3.8) is 0 Å². The molecular formula is C26H33N3O3. The number of phenolic OH excluding ortho intramolecular Hbond substituents is 1. The predicted molar refractivity (Wildman–Crippen MR) is 128 cm³/mol. The Labute approximate surface area is 190 Å². The Morgan fingerprint density at radius 1 is 1.22 bits per heavy atom. The Morgan fingerprint density at radius 2 is 2.03 bits per heavy atom. The van der Waals surface area contributed by atoms with E-state index in [-0.39, 0.29) is 23.6 Å². The number of carbonyl (C=O) groups is 1. The molecule has 3 unspecified atom stereocenters. The fourth-order valence-corrected chi connectivity index (χ4v) is 4.92. The number of anilines is 1. The number of benzene rings is 2. The van der Waals surface area contributed by atoms with E-state index >= 15 is 0 Å². The van der Waals surface area contributed by atoms with Crippen LogP contribution in [0.4, 0.5) is 5.69 Å². The number of fused-ring (bicyclic) bond motifs is 3. The second-order valence-electron chi connectivity index (χ2n) is 8.49. The number of aromatic hydroxyl groups is 1. The molecule has 32 heavy (non-hydrogen) atoms. The predicted octanol–water partition coefficient (Wildman–Crippen LogP) is 4.30. The first-order valence-electron chi connectivity index (χ1n) is 11.5. The standard InChI is InChI=1S/C26H33N3O3/c1-4-29(5-2)14-13-27-26(31)18-9-11-22-21(15-18)19-7-6-8-20(19)25(28-22)17-10-12-23(30)24(16-17)32-3/h6-7,9-12,15-16,19-20,25,28,30H,4-5,8,13-14H2,1-3H3,(H,27,31). The molecule has 170 valence electrons. The van der Waals surface area contributed by atoms with Crippen LogP contribution in [0.5, 0.6) is 11.5 Å². The molecule has 0 fully saturated rings. The van der Waals surface area contributed by atoms with Gasteiger partial charge < -0.3 is 25.4 Å². The smallest absolute Gasteiger partial charge is 0.251 e. The third kappa shape index (κ3) is 4.32. The molecule has 1 amide bonds. The number of allylic oxidation sites excluding steroid dienone is 2. The zero-order valence-corrected chi connectivity index (χ0v) is 19.1. The molecule has 1 heterocycles. The minimum absolute atomic E-state index is 0.0242. The zero-order chi connectivity index (χ0) is 22.7. The lowest BCUT2D eigenvalue weighted by molar-refractivity contribution is 0.0948. The Kier molecular flexibility index (Phi) is 6.70. The summed E-state index contributed by atoms with van der Waals surface area (Å²) >= 11 is 0. The number of ether oxygens (including phenoxy) is 1. The monoisotopic (exact) mass is 435 g/mol. The van der Waals surface area contributed by atoms with Gasteiger partial charge in [0, 0.05) is 30.3 Å². The maximum atomic E-state index is 12.8. The normalized spacial score (nSPS) is 21.1. The lowest BCUT2D eigenvalue weighted by Gasteiger charge is -2.37. The van der Waals surface area contributed by atoms with Crippen LogP contribution in [0.25, 0.3) is 0 Å². The molecule has 4 rings (SSSR count). The SMILES string of the molecule is CCN(CC)CCNC(=O)c1ccc2c(c1)C1C=CCC1C(c1ccc(O)c(OC)c1)N2. The second kappa shape index (κ2) is 9.65. The summed E-state index contributed by atoms with van der Waals surface area (Å²) in [6.07, 6.45) is 5.45. The molecular weight excluding hydrogens is 402 g/mol. The van der Waals surface area contributed by atoms with Gasteiger partial charge in [0.15, 0.2) is 11.5 Å². The molecule has 3 atom stereocenters. The number of methoxy groups -OCH3 is 1. The molecule has 6 nitrogen and oxygen atoms in total. The number of hydrogen-bond acceptors (Lipinski definition) is 5. The third-order valence-electron chi connectivity index (χ3n) is 6.80. The average Bonchev–Trinajstić information content (AvgIpc) is 3.31. The molecule has 2 aromatic carbocycles. The number of hydrogen-bond donors (Lipinski definition) is 3. The molecule has 0 spiro atoms. The minimum Gasteiger partial charge on any atom is -0.504 e. The molecule has 1 aliphatic carbocycles. The van der Waals surface area contributed by atoms with Crippen LogP contribution in [0.3, 0.4) is 0 Å². The van der Waals surface area contributed by atoms with Crippen molar-refractivity contribution >= 4 is 11.6 Å². The molecule has 0 aromatic heterocycles. The van der Waals surface area contributed by atoms with Crippen LogP contribution in [0, 0.1) is 5.92 Å². The summed E-state index contributed by atoms with van der Waals surface area (Å²) in [5, 5.41) is 16.7. The van der Waals surface area contributed by atoms with Gasteiger partial charge in [-0.05, 0) is 66.9 Å². The van der Waals surface area contributed by atoms with Crippen molar-refractivity contribution in [2.45, 2.75) is 32.2 Å². The molecule has 3 N–H and O–H groups in total. The largest absolute Gasteiger partial charge is 0.504 e. The molecule has 0 saturated heterocycles. The quantitative estimate of drug-likeness (QED) is 0.539. The van der Waals surface area contributed by atoms with Crippen molar-refractivity contribution in [1.29, 1.82) is 0 Å². The van der Waals surface area contributed by atoms with Crippen LogP contribution < -0.4 is 15.4 Å². The highest BCUT2D eigenvalue weighted by molar-refractivity contribution is 5.95. The van der Waals surface area contributed by atoms with Gasteiger partial charge in [-0.15, -0.1) is 0 Å². The maximum absolute atomic E-state index is 12.8. The van der Waals surface area contributed by atoms with E-state index in [1.807, 2.05) is 30.3 Å². The van der Waals surface area contributed by atoms with Gasteiger partial charge in [0.2, 0.25) is 0 Å². The summed E-state index contributed by atoms with van der Waals surface area (Å²) in [6.45, 7) is 7.74. The van der Waals surface area contributed by atoms with Crippen molar-refractivity contribution in [3.8, 4) is 11.5 Å². The first-order valence-corrected chi connectivity index (χ1v) is 11.5. The lowest BCUT2D eigenvalue weighted by atomic mass is 9.76. The number of rotatable bonds is 8. The molecule has 0 radical (unpaired) electrons. The van der Waals surface area contributed by atoms with Crippen LogP contribution in [0.15, 0.2) is 48.6 Å². The van der Waals surface area contributed by atoms with Gasteiger partial charge in [-0.1, -0.05) is 32.1 Å². The molecule has 6 heteroatoms. The lowest BCUT2D eigenvalue weighted by Crippen LogP contribution is -2.35. The van der Waals surface area contributed by atoms with Gasteiger partial charge in [0.1, 0.15) is 0 Å². The summed E-state index contributed by atoms with van der Waals surface area (Å²) in [6, 6.07) is 11.6. The number of amides is 1. The average molecular weight is 436 g/mol. The minimum atomic E-state index is -0.0242. The van der Waals surface area contributed by atoms with Crippen molar-refractivity contribution in [2.24, 2.45) is 5.92 Å². The van der Waals surface area contributed by atoms with E-state index in [4.69, 9.17) is 4.74 Å². The number of likely N-dealkylation sites (N-methyl/N-ethyl adjacent to an activating group) is 1. The van der Waals surface area contributed by atoms with Gasteiger partial charge >= 0.3 is 0 Å². The van der Waals surface area contributed by atoms with Crippen molar-refractivity contribution in [3.05, 3.63) is 65.2 Å². The van der Waals surface area contributed by atoms with E-state index in [9.17, 15) is 9.90 Å². The van der Waals surface area contributed by atoms with E-state index in [1.54, 1.807) is 13.2 Å².